The third-order valence-corrected chi connectivity index (χ3v) is 5.44. The van der Waals surface area contributed by atoms with Gasteiger partial charge in [0.25, 0.3) is 0 Å². The predicted octanol–water partition coefficient (Wildman–Crippen LogP) is 1.12. The Kier molecular flexibility index (Phi) is 5.41. The molecule has 0 radical (unpaired) electrons. The molecule has 0 bridgehead atoms. The summed E-state index contributed by atoms with van der Waals surface area (Å²) in [5.41, 5.74) is 0. The van der Waals surface area contributed by atoms with Gasteiger partial charge in [0.2, 0.25) is 5.91 Å². The van der Waals surface area contributed by atoms with E-state index >= 15 is 0 Å². The summed E-state index contributed by atoms with van der Waals surface area (Å²) in [6.45, 7) is 5.06. The van der Waals surface area contributed by atoms with E-state index in [9.17, 15) is 9.59 Å². The van der Waals surface area contributed by atoms with Gasteiger partial charge in [-0.3, -0.25) is 9.69 Å². The Bertz CT molecular complexity index is 426. The van der Waals surface area contributed by atoms with Crippen molar-refractivity contribution in [3.8, 4) is 0 Å². The molecular formula is C17H30N4O2. The van der Waals surface area contributed by atoms with Crippen LogP contribution in [0.1, 0.15) is 38.5 Å². The highest BCUT2D eigenvalue weighted by molar-refractivity contribution is 5.79. The second kappa shape index (κ2) is 7.51. The van der Waals surface area contributed by atoms with Crippen LogP contribution in [-0.2, 0) is 4.79 Å². The molecule has 3 fully saturated rings. The molecule has 130 valence electrons. The zero-order valence-electron chi connectivity index (χ0n) is 14.3. The fourth-order valence-corrected chi connectivity index (χ4v) is 3.43. The average Bonchev–Trinajstić information content (AvgIpc) is 3.34. The van der Waals surface area contributed by atoms with Crippen molar-refractivity contribution in [2.45, 2.75) is 44.6 Å². The number of carbonyl (C=O) groups excluding carboxylic acids is 2. The van der Waals surface area contributed by atoms with Crippen LogP contribution in [0.5, 0.6) is 0 Å². The summed E-state index contributed by atoms with van der Waals surface area (Å²) in [7, 11) is 1.87. The van der Waals surface area contributed by atoms with Crippen molar-refractivity contribution >= 4 is 11.9 Å². The predicted molar refractivity (Wildman–Crippen MR) is 89.2 cm³/mol. The van der Waals surface area contributed by atoms with E-state index in [1.54, 1.807) is 0 Å². The quantitative estimate of drug-likeness (QED) is 0.746. The minimum atomic E-state index is 0.0495. The Hall–Kier alpha value is -1.30. The van der Waals surface area contributed by atoms with Crippen molar-refractivity contribution in [2.75, 3.05) is 46.3 Å². The summed E-state index contributed by atoms with van der Waals surface area (Å²) < 4.78 is 0. The number of rotatable bonds is 6. The first-order valence-electron chi connectivity index (χ1n) is 9.17. The molecule has 2 saturated carbocycles. The molecule has 3 rings (SSSR count). The molecule has 6 nitrogen and oxygen atoms in total. The van der Waals surface area contributed by atoms with Crippen LogP contribution >= 0.6 is 0 Å². The molecular weight excluding hydrogens is 292 g/mol. The summed E-state index contributed by atoms with van der Waals surface area (Å²) in [6, 6.07) is 0.845. The van der Waals surface area contributed by atoms with Crippen molar-refractivity contribution in [1.29, 1.82) is 0 Å². The van der Waals surface area contributed by atoms with Crippen molar-refractivity contribution in [2.24, 2.45) is 5.92 Å². The Labute approximate surface area is 139 Å². The molecule has 0 aromatic rings. The number of amides is 3. The number of hydrogen-bond acceptors (Lipinski definition) is 3. The third kappa shape index (κ3) is 4.37. The van der Waals surface area contributed by atoms with Crippen LogP contribution in [0.2, 0.25) is 0 Å². The second-order valence-corrected chi connectivity index (χ2v) is 7.23. The van der Waals surface area contributed by atoms with E-state index in [1.807, 2.05) is 16.8 Å². The highest BCUT2D eigenvalue weighted by Crippen LogP contribution is 2.28. The normalized spacial score (nSPS) is 22.6. The lowest BCUT2D eigenvalue weighted by Crippen LogP contribution is -2.52. The number of nitrogens with one attached hydrogen (secondary N) is 1. The maximum Gasteiger partial charge on any atom is 0.317 e. The number of urea groups is 1. The van der Waals surface area contributed by atoms with Gasteiger partial charge >= 0.3 is 6.03 Å². The Balaban J connectivity index is 1.26. The van der Waals surface area contributed by atoms with Gasteiger partial charge < -0.3 is 15.1 Å². The van der Waals surface area contributed by atoms with Crippen LogP contribution in [0.3, 0.4) is 0 Å². The smallest absolute Gasteiger partial charge is 0.317 e. The molecule has 2 aliphatic carbocycles. The number of hydrogen-bond donors (Lipinski definition) is 1. The molecule has 0 aromatic carbocycles. The van der Waals surface area contributed by atoms with Crippen molar-refractivity contribution in [3.63, 3.8) is 0 Å². The van der Waals surface area contributed by atoms with Gasteiger partial charge in [0.05, 0.1) is 0 Å². The van der Waals surface area contributed by atoms with E-state index in [0.29, 0.717) is 6.54 Å². The molecule has 3 amide bonds. The van der Waals surface area contributed by atoms with Gasteiger partial charge in [-0.15, -0.1) is 0 Å². The summed E-state index contributed by atoms with van der Waals surface area (Å²) in [4.78, 5) is 30.4. The van der Waals surface area contributed by atoms with Gasteiger partial charge in [0.15, 0.2) is 0 Å². The van der Waals surface area contributed by atoms with Crippen molar-refractivity contribution in [3.05, 3.63) is 0 Å². The van der Waals surface area contributed by atoms with Gasteiger partial charge in [0.1, 0.15) is 0 Å². The summed E-state index contributed by atoms with van der Waals surface area (Å²) in [6.07, 6.45) is 6.77. The van der Waals surface area contributed by atoms with Gasteiger partial charge in [0, 0.05) is 58.3 Å². The van der Waals surface area contributed by atoms with Gasteiger partial charge in [-0.25, -0.2) is 4.79 Å². The maximum atomic E-state index is 12.1. The molecule has 1 saturated heterocycles. The molecule has 0 aromatic heterocycles. The second-order valence-electron chi connectivity index (χ2n) is 7.23. The summed E-state index contributed by atoms with van der Waals surface area (Å²) in [5.74, 6) is 0.538. The van der Waals surface area contributed by atoms with E-state index in [0.717, 1.165) is 58.0 Å². The Morgan fingerprint density at radius 2 is 1.78 bits per heavy atom. The Morgan fingerprint density at radius 1 is 1.09 bits per heavy atom. The maximum absolute atomic E-state index is 12.1. The van der Waals surface area contributed by atoms with Crippen LogP contribution in [0.4, 0.5) is 4.79 Å². The van der Waals surface area contributed by atoms with E-state index in [4.69, 9.17) is 0 Å². The van der Waals surface area contributed by atoms with Gasteiger partial charge in [-0.05, 0) is 32.1 Å². The molecule has 1 N–H and O–H groups in total. The van der Waals surface area contributed by atoms with Crippen LogP contribution < -0.4 is 5.32 Å². The topological polar surface area (TPSA) is 55.9 Å². The van der Waals surface area contributed by atoms with Crippen LogP contribution in [0, 0.1) is 5.92 Å². The molecule has 3 aliphatic rings. The molecule has 1 aliphatic heterocycles. The largest absolute Gasteiger partial charge is 0.345 e. The van der Waals surface area contributed by atoms with E-state index in [-0.39, 0.29) is 17.9 Å². The van der Waals surface area contributed by atoms with Gasteiger partial charge in [-0.1, -0.05) is 6.42 Å². The fraction of sp³-hybridized carbons (Fsp3) is 0.882. The first-order chi connectivity index (χ1) is 11.1. The average molecular weight is 322 g/mol. The van der Waals surface area contributed by atoms with Gasteiger partial charge in [-0.2, -0.15) is 0 Å². The third-order valence-electron chi connectivity index (χ3n) is 5.44. The van der Waals surface area contributed by atoms with E-state index < -0.39 is 0 Å². The standard InChI is InChI=1S/C17H30N4O2/c1-19(16(22)14-4-2-5-14)9-3-8-18-17(23)21-12-10-20(11-13-21)15-6-7-15/h14-15H,2-13H2,1H3,(H,18,23). The van der Waals surface area contributed by atoms with Crippen LogP contribution in [0.15, 0.2) is 0 Å². The first kappa shape index (κ1) is 16.6. The highest BCUT2D eigenvalue weighted by Gasteiger charge is 2.32. The lowest BCUT2D eigenvalue weighted by molar-refractivity contribution is -0.136. The lowest BCUT2D eigenvalue weighted by atomic mass is 9.84. The fourth-order valence-electron chi connectivity index (χ4n) is 3.43. The minimum Gasteiger partial charge on any atom is -0.345 e. The number of nitrogens with zero attached hydrogens (tertiary/aromatic N) is 3. The number of carbonyl (C=O) groups is 2. The SMILES string of the molecule is CN(CCCNC(=O)N1CCN(C2CC2)CC1)C(=O)C1CCC1. The van der Waals surface area contributed by atoms with Crippen molar-refractivity contribution < 1.29 is 9.59 Å². The van der Waals surface area contributed by atoms with Crippen LogP contribution in [0.25, 0.3) is 0 Å². The van der Waals surface area contributed by atoms with E-state index in [1.165, 1.54) is 19.3 Å². The summed E-state index contributed by atoms with van der Waals surface area (Å²) in [5, 5.41) is 2.99. The molecule has 0 atom stereocenters. The van der Waals surface area contributed by atoms with E-state index in [2.05, 4.69) is 10.2 Å². The van der Waals surface area contributed by atoms with Crippen LogP contribution in [-0.4, -0.2) is 79.0 Å². The number of piperazine rings is 1. The lowest BCUT2D eigenvalue weighted by Gasteiger charge is -2.34. The summed E-state index contributed by atoms with van der Waals surface area (Å²) >= 11 is 0. The molecule has 1 heterocycles. The highest BCUT2D eigenvalue weighted by atomic mass is 16.2. The molecule has 0 spiro atoms. The first-order valence-corrected chi connectivity index (χ1v) is 9.17. The monoisotopic (exact) mass is 322 g/mol. The molecule has 23 heavy (non-hydrogen) atoms. The van der Waals surface area contributed by atoms with Crippen molar-refractivity contribution in [1.82, 2.24) is 20.0 Å². The molecule has 6 heteroatoms. The zero-order chi connectivity index (χ0) is 16.2. The Morgan fingerprint density at radius 3 is 2.35 bits per heavy atom. The minimum absolute atomic E-state index is 0.0495. The zero-order valence-corrected chi connectivity index (χ0v) is 14.3. The molecule has 0 unspecified atom stereocenters.